The molecule has 0 aromatic rings. The molecule has 0 saturated carbocycles. The van der Waals surface area contributed by atoms with Crippen LogP contribution in [0.25, 0.3) is 0 Å². The highest BCUT2D eigenvalue weighted by atomic mass is 16.5. The monoisotopic (exact) mass is 218 g/mol. The van der Waals surface area contributed by atoms with E-state index in [9.17, 15) is 5.11 Å². The second-order valence-corrected chi connectivity index (χ2v) is 4.53. The van der Waals surface area contributed by atoms with Gasteiger partial charge in [-0.2, -0.15) is 0 Å². The average molecular weight is 218 g/mol. The lowest BCUT2D eigenvalue weighted by atomic mass is 10.0. The van der Waals surface area contributed by atoms with Gasteiger partial charge in [-0.3, -0.25) is 0 Å². The van der Waals surface area contributed by atoms with Crippen LogP contribution >= 0.6 is 0 Å². The molecule has 0 rings (SSSR count). The fourth-order valence-corrected chi connectivity index (χ4v) is 1.65. The number of hydrogen-bond donors (Lipinski definition) is 3. The quantitative estimate of drug-likeness (QED) is 0.554. The van der Waals surface area contributed by atoms with Crippen LogP contribution in [0.15, 0.2) is 0 Å². The van der Waals surface area contributed by atoms with Gasteiger partial charge in [0, 0.05) is 19.2 Å². The van der Waals surface area contributed by atoms with E-state index in [1.807, 2.05) is 20.8 Å². The SMILES string of the molecule is CCOCC(C)(CN)NC(C)CC(C)O. The van der Waals surface area contributed by atoms with Crippen molar-refractivity contribution in [1.82, 2.24) is 5.32 Å². The van der Waals surface area contributed by atoms with E-state index in [4.69, 9.17) is 10.5 Å². The summed E-state index contributed by atoms with van der Waals surface area (Å²) < 4.78 is 5.39. The lowest BCUT2D eigenvalue weighted by Crippen LogP contribution is -2.55. The molecule has 0 heterocycles. The third-order valence-corrected chi connectivity index (χ3v) is 2.36. The van der Waals surface area contributed by atoms with E-state index in [1.165, 1.54) is 0 Å². The van der Waals surface area contributed by atoms with Crippen LogP contribution in [0.5, 0.6) is 0 Å². The molecule has 0 fully saturated rings. The summed E-state index contributed by atoms with van der Waals surface area (Å²) in [6, 6.07) is 0.235. The third kappa shape index (κ3) is 6.84. The van der Waals surface area contributed by atoms with E-state index in [0.29, 0.717) is 19.8 Å². The Balaban J connectivity index is 4.05. The minimum atomic E-state index is -0.290. The van der Waals surface area contributed by atoms with E-state index in [0.717, 1.165) is 6.42 Å². The van der Waals surface area contributed by atoms with Gasteiger partial charge in [-0.05, 0) is 34.1 Å². The number of nitrogens with two attached hydrogens (primary N) is 1. The summed E-state index contributed by atoms with van der Waals surface area (Å²) in [7, 11) is 0. The first-order valence-electron chi connectivity index (χ1n) is 5.67. The molecule has 3 unspecified atom stereocenters. The molecule has 0 saturated heterocycles. The molecule has 0 bridgehead atoms. The van der Waals surface area contributed by atoms with Crippen molar-refractivity contribution in [3.8, 4) is 0 Å². The maximum Gasteiger partial charge on any atom is 0.0657 e. The highest BCUT2D eigenvalue weighted by molar-refractivity contribution is 4.86. The Morgan fingerprint density at radius 2 is 2.07 bits per heavy atom. The summed E-state index contributed by atoms with van der Waals surface area (Å²) in [6.07, 6.45) is 0.434. The van der Waals surface area contributed by atoms with E-state index in [-0.39, 0.29) is 17.7 Å². The second kappa shape index (κ2) is 7.17. The Labute approximate surface area is 93.2 Å². The molecule has 4 N–H and O–H groups in total. The molecule has 4 nitrogen and oxygen atoms in total. The van der Waals surface area contributed by atoms with Crippen LogP contribution in [-0.2, 0) is 4.74 Å². The van der Waals surface area contributed by atoms with Gasteiger partial charge in [-0.1, -0.05) is 0 Å². The third-order valence-electron chi connectivity index (χ3n) is 2.36. The smallest absolute Gasteiger partial charge is 0.0657 e. The molecular formula is C11H26N2O2. The Morgan fingerprint density at radius 3 is 2.47 bits per heavy atom. The molecule has 92 valence electrons. The molecule has 0 aliphatic carbocycles. The molecule has 0 spiro atoms. The molecule has 3 atom stereocenters. The Bertz CT molecular complexity index is 165. The van der Waals surface area contributed by atoms with Crippen LogP contribution in [0.4, 0.5) is 0 Å². The summed E-state index contributed by atoms with van der Waals surface area (Å²) in [5, 5.41) is 12.7. The van der Waals surface area contributed by atoms with Crippen LogP contribution in [-0.4, -0.2) is 42.5 Å². The summed E-state index contributed by atoms with van der Waals surface area (Å²) in [5.41, 5.74) is 5.52. The Hall–Kier alpha value is -0.160. The highest BCUT2D eigenvalue weighted by Crippen LogP contribution is 2.07. The van der Waals surface area contributed by atoms with Crippen molar-refractivity contribution in [2.24, 2.45) is 5.73 Å². The van der Waals surface area contributed by atoms with Gasteiger partial charge in [0.2, 0.25) is 0 Å². The first-order chi connectivity index (χ1) is 6.93. The summed E-state index contributed by atoms with van der Waals surface area (Å²) in [6.45, 7) is 9.67. The fraction of sp³-hybridized carbons (Fsp3) is 1.00. The largest absolute Gasteiger partial charge is 0.393 e. The molecule has 0 amide bonds. The number of nitrogens with one attached hydrogen (secondary N) is 1. The zero-order valence-corrected chi connectivity index (χ0v) is 10.4. The normalized spacial score (nSPS) is 19.6. The summed E-state index contributed by atoms with van der Waals surface area (Å²) in [4.78, 5) is 0. The van der Waals surface area contributed by atoms with Crippen LogP contribution in [0.3, 0.4) is 0 Å². The van der Waals surface area contributed by atoms with E-state index < -0.39 is 0 Å². The first-order valence-corrected chi connectivity index (χ1v) is 5.67. The van der Waals surface area contributed by atoms with Crippen molar-refractivity contribution < 1.29 is 9.84 Å². The van der Waals surface area contributed by atoms with E-state index >= 15 is 0 Å². The van der Waals surface area contributed by atoms with Gasteiger partial charge in [-0.25, -0.2) is 0 Å². The predicted molar refractivity (Wildman–Crippen MR) is 62.8 cm³/mol. The van der Waals surface area contributed by atoms with Crippen LogP contribution < -0.4 is 11.1 Å². The summed E-state index contributed by atoms with van der Waals surface area (Å²) in [5.74, 6) is 0. The lowest BCUT2D eigenvalue weighted by Gasteiger charge is -2.33. The number of aliphatic hydroxyl groups is 1. The Kier molecular flexibility index (Phi) is 7.09. The molecule has 4 heteroatoms. The molecule has 0 aliphatic rings. The molecule has 15 heavy (non-hydrogen) atoms. The maximum atomic E-state index is 9.27. The lowest BCUT2D eigenvalue weighted by molar-refractivity contribution is 0.0765. The van der Waals surface area contributed by atoms with Gasteiger partial charge >= 0.3 is 0 Å². The van der Waals surface area contributed by atoms with Gasteiger partial charge in [0.25, 0.3) is 0 Å². The second-order valence-electron chi connectivity index (χ2n) is 4.53. The zero-order chi connectivity index (χ0) is 11.9. The topological polar surface area (TPSA) is 67.5 Å². The van der Waals surface area contributed by atoms with Gasteiger partial charge in [0.15, 0.2) is 0 Å². The first kappa shape index (κ1) is 14.8. The standard InChI is InChI=1S/C11H26N2O2/c1-5-15-8-11(4,7-12)13-9(2)6-10(3)14/h9-10,13-14H,5-8,12H2,1-4H3. The molecular weight excluding hydrogens is 192 g/mol. The number of aliphatic hydroxyl groups excluding tert-OH is 1. The van der Waals surface area contributed by atoms with Crippen molar-refractivity contribution in [1.29, 1.82) is 0 Å². The maximum absolute atomic E-state index is 9.27. The van der Waals surface area contributed by atoms with Gasteiger partial charge in [0.1, 0.15) is 0 Å². The number of ether oxygens (including phenoxy) is 1. The zero-order valence-electron chi connectivity index (χ0n) is 10.4. The minimum absolute atomic E-state index is 0.204. The van der Waals surface area contributed by atoms with Gasteiger partial charge in [0.05, 0.1) is 18.2 Å². The van der Waals surface area contributed by atoms with E-state index in [1.54, 1.807) is 6.92 Å². The number of rotatable bonds is 8. The average Bonchev–Trinajstić information content (AvgIpc) is 2.13. The highest BCUT2D eigenvalue weighted by Gasteiger charge is 2.24. The predicted octanol–water partition coefficient (Wildman–Crippen LogP) is 0.489. The van der Waals surface area contributed by atoms with Crippen LogP contribution in [0.2, 0.25) is 0 Å². The Morgan fingerprint density at radius 1 is 1.47 bits per heavy atom. The van der Waals surface area contributed by atoms with Crippen LogP contribution in [0.1, 0.15) is 34.1 Å². The van der Waals surface area contributed by atoms with Crippen molar-refractivity contribution in [3.05, 3.63) is 0 Å². The molecule has 0 aromatic heterocycles. The fourth-order valence-electron chi connectivity index (χ4n) is 1.65. The van der Waals surface area contributed by atoms with E-state index in [2.05, 4.69) is 5.32 Å². The number of hydrogen-bond acceptors (Lipinski definition) is 4. The van der Waals surface area contributed by atoms with Crippen LogP contribution in [0, 0.1) is 0 Å². The van der Waals surface area contributed by atoms with Gasteiger partial charge < -0.3 is 20.9 Å². The van der Waals surface area contributed by atoms with Crippen molar-refractivity contribution in [3.63, 3.8) is 0 Å². The van der Waals surface area contributed by atoms with Gasteiger partial charge in [-0.15, -0.1) is 0 Å². The van der Waals surface area contributed by atoms with Crippen molar-refractivity contribution in [2.75, 3.05) is 19.8 Å². The summed E-state index contributed by atoms with van der Waals surface area (Å²) >= 11 is 0. The van der Waals surface area contributed by atoms with Crippen molar-refractivity contribution in [2.45, 2.75) is 51.8 Å². The minimum Gasteiger partial charge on any atom is -0.393 e. The molecule has 0 aromatic carbocycles. The molecule has 0 aliphatic heterocycles. The van der Waals surface area contributed by atoms with Crippen molar-refractivity contribution >= 4 is 0 Å². The molecule has 0 radical (unpaired) electrons.